The van der Waals surface area contributed by atoms with Gasteiger partial charge in [0.15, 0.2) is 0 Å². The summed E-state index contributed by atoms with van der Waals surface area (Å²) in [5.74, 6) is 0.545. The van der Waals surface area contributed by atoms with Crippen LogP contribution in [0.15, 0.2) is 0 Å². The summed E-state index contributed by atoms with van der Waals surface area (Å²) < 4.78 is 5.41. The van der Waals surface area contributed by atoms with E-state index < -0.39 is 0 Å². The molecule has 23 heavy (non-hydrogen) atoms. The zero-order valence-corrected chi connectivity index (χ0v) is 16.2. The predicted octanol–water partition coefficient (Wildman–Crippen LogP) is 7.06. The summed E-state index contributed by atoms with van der Waals surface area (Å²) in [6.45, 7) is 7.05. The number of carbonyl (C=O) groups excluding carboxylic acids is 1. The van der Waals surface area contributed by atoms with Gasteiger partial charge in [0.1, 0.15) is 0 Å². The highest BCUT2D eigenvalue weighted by molar-refractivity contribution is 5.68. The molecule has 2 heteroatoms. The van der Waals surface area contributed by atoms with E-state index in [1.54, 1.807) is 0 Å². The van der Waals surface area contributed by atoms with Crippen molar-refractivity contribution in [1.29, 1.82) is 0 Å². The van der Waals surface area contributed by atoms with Crippen LogP contribution >= 0.6 is 0 Å². The first-order chi connectivity index (χ1) is 11.2. The predicted molar refractivity (Wildman–Crippen MR) is 101 cm³/mol. The van der Waals surface area contributed by atoms with Gasteiger partial charge in [-0.2, -0.15) is 0 Å². The molecule has 0 aliphatic rings. The maximum absolute atomic E-state index is 11.4. The molecule has 0 unspecified atom stereocenters. The van der Waals surface area contributed by atoms with E-state index in [9.17, 15) is 4.79 Å². The minimum Gasteiger partial charge on any atom is -0.465 e. The summed E-state index contributed by atoms with van der Waals surface area (Å²) >= 11 is 0. The van der Waals surface area contributed by atoms with E-state index in [0.29, 0.717) is 18.9 Å². The summed E-state index contributed by atoms with van der Waals surface area (Å²) in [6.07, 6.45) is 19.1. The third-order valence-electron chi connectivity index (χ3n) is 4.70. The number of ether oxygens (including phenoxy) is 1. The van der Waals surface area contributed by atoms with Gasteiger partial charge in [-0.3, -0.25) is 4.79 Å². The van der Waals surface area contributed by atoms with Crippen molar-refractivity contribution in [1.82, 2.24) is 0 Å². The molecule has 0 aliphatic carbocycles. The van der Waals surface area contributed by atoms with E-state index in [-0.39, 0.29) is 5.97 Å². The van der Waals surface area contributed by atoms with Gasteiger partial charge < -0.3 is 4.74 Å². The third kappa shape index (κ3) is 16.1. The SMILES string of the molecule is CCCCCCCCC(CCCCCCCC)COC(=O)CC. The normalized spacial score (nSPS) is 11.1. The van der Waals surface area contributed by atoms with Gasteiger partial charge in [0, 0.05) is 6.42 Å². The van der Waals surface area contributed by atoms with Gasteiger partial charge in [0.2, 0.25) is 0 Å². The van der Waals surface area contributed by atoms with Gasteiger partial charge >= 0.3 is 5.97 Å². The van der Waals surface area contributed by atoms with Crippen LogP contribution in [0.2, 0.25) is 0 Å². The Bertz CT molecular complexity index is 234. The van der Waals surface area contributed by atoms with E-state index in [0.717, 1.165) is 0 Å². The number of unbranched alkanes of at least 4 members (excludes halogenated alkanes) is 10. The lowest BCUT2D eigenvalue weighted by atomic mass is 9.95. The fourth-order valence-corrected chi connectivity index (χ4v) is 3.05. The quantitative estimate of drug-likeness (QED) is 0.211. The standard InChI is InChI=1S/C21H42O2/c1-4-7-9-11-13-15-17-20(19-23-21(22)6-3)18-16-14-12-10-8-5-2/h20H,4-19H2,1-3H3. The molecule has 0 aromatic carbocycles. The molecule has 0 saturated carbocycles. The Kier molecular flexibility index (Phi) is 17.4. The second-order valence-electron chi connectivity index (χ2n) is 7.02. The second-order valence-corrected chi connectivity index (χ2v) is 7.02. The van der Waals surface area contributed by atoms with Crippen molar-refractivity contribution in [2.45, 2.75) is 117 Å². The van der Waals surface area contributed by atoms with Gasteiger partial charge in [0.25, 0.3) is 0 Å². The van der Waals surface area contributed by atoms with Crippen LogP contribution in [-0.2, 0) is 9.53 Å². The molecule has 0 rings (SSSR count). The summed E-state index contributed by atoms with van der Waals surface area (Å²) in [7, 11) is 0. The molecule has 2 nitrogen and oxygen atoms in total. The van der Waals surface area contributed by atoms with Crippen LogP contribution in [-0.4, -0.2) is 12.6 Å². The Morgan fingerprint density at radius 1 is 0.696 bits per heavy atom. The molecule has 0 aliphatic heterocycles. The van der Waals surface area contributed by atoms with Crippen molar-refractivity contribution < 1.29 is 9.53 Å². The first-order valence-corrected chi connectivity index (χ1v) is 10.4. The maximum atomic E-state index is 11.4. The Labute approximate surface area is 145 Å². The van der Waals surface area contributed by atoms with Crippen molar-refractivity contribution in [3.05, 3.63) is 0 Å². The molecule has 0 amide bonds. The van der Waals surface area contributed by atoms with Crippen molar-refractivity contribution in [2.24, 2.45) is 5.92 Å². The topological polar surface area (TPSA) is 26.3 Å². The van der Waals surface area contributed by atoms with Gasteiger partial charge in [-0.15, -0.1) is 0 Å². The second kappa shape index (κ2) is 17.8. The van der Waals surface area contributed by atoms with E-state index in [4.69, 9.17) is 4.74 Å². The molecule has 0 aromatic rings. The molecule has 0 atom stereocenters. The molecule has 0 fully saturated rings. The number of carbonyl (C=O) groups is 1. The largest absolute Gasteiger partial charge is 0.465 e. The fourth-order valence-electron chi connectivity index (χ4n) is 3.05. The Morgan fingerprint density at radius 3 is 1.57 bits per heavy atom. The molecule has 138 valence electrons. The van der Waals surface area contributed by atoms with E-state index in [1.807, 2.05) is 6.92 Å². The highest BCUT2D eigenvalue weighted by Crippen LogP contribution is 2.20. The van der Waals surface area contributed by atoms with Crippen LogP contribution in [0.1, 0.15) is 117 Å². The number of hydrogen-bond acceptors (Lipinski definition) is 2. The molecule has 0 N–H and O–H groups in total. The van der Waals surface area contributed by atoms with Crippen LogP contribution < -0.4 is 0 Å². The fraction of sp³-hybridized carbons (Fsp3) is 0.952. The van der Waals surface area contributed by atoms with Crippen molar-refractivity contribution >= 4 is 5.97 Å². The highest BCUT2D eigenvalue weighted by atomic mass is 16.5. The average molecular weight is 327 g/mol. The average Bonchev–Trinajstić information content (AvgIpc) is 2.57. The lowest BCUT2D eigenvalue weighted by Gasteiger charge is -2.17. The van der Waals surface area contributed by atoms with E-state index >= 15 is 0 Å². The number of esters is 1. The molecule has 0 bridgehead atoms. The monoisotopic (exact) mass is 326 g/mol. The van der Waals surface area contributed by atoms with Crippen LogP contribution in [0, 0.1) is 5.92 Å². The summed E-state index contributed by atoms with van der Waals surface area (Å²) in [5, 5.41) is 0. The van der Waals surface area contributed by atoms with Crippen molar-refractivity contribution in [3.63, 3.8) is 0 Å². The summed E-state index contributed by atoms with van der Waals surface area (Å²) in [6, 6.07) is 0. The first-order valence-electron chi connectivity index (χ1n) is 10.4. The summed E-state index contributed by atoms with van der Waals surface area (Å²) in [4.78, 5) is 11.4. The van der Waals surface area contributed by atoms with Crippen LogP contribution in [0.3, 0.4) is 0 Å². The molecule has 0 aromatic heterocycles. The lowest BCUT2D eigenvalue weighted by Crippen LogP contribution is -2.14. The van der Waals surface area contributed by atoms with Gasteiger partial charge in [0.05, 0.1) is 6.61 Å². The van der Waals surface area contributed by atoms with Crippen LogP contribution in [0.5, 0.6) is 0 Å². The minimum absolute atomic E-state index is 0.0408. The van der Waals surface area contributed by atoms with E-state index in [1.165, 1.54) is 89.9 Å². The number of rotatable bonds is 17. The summed E-state index contributed by atoms with van der Waals surface area (Å²) in [5.41, 5.74) is 0. The Hall–Kier alpha value is -0.530. The first kappa shape index (κ1) is 22.5. The Balaban J connectivity index is 3.82. The van der Waals surface area contributed by atoms with Crippen LogP contribution in [0.4, 0.5) is 0 Å². The molecule has 0 saturated heterocycles. The van der Waals surface area contributed by atoms with Crippen LogP contribution in [0.25, 0.3) is 0 Å². The molecular weight excluding hydrogens is 284 g/mol. The highest BCUT2D eigenvalue weighted by Gasteiger charge is 2.11. The van der Waals surface area contributed by atoms with Crippen molar-refractivity contribution in [3.8, 4) is 0 Å². The molecule has 0 heterocycles. The smallest absolute Gasteiger partial charge is 0.305 e. The maximum Gasteiger partial charge on any atom is 0.305 e. The third-order valence-corrected chi connectivity index (χ3v) is 4.70. The zero-order chi connectivity index (χ0) is 17.2. The lowest BCUT2D eigenvalue weighted by molar-refractivity contribution is -0.144. The minimum atomic E-state index is -0.0408. The Morgan fingerprint density at radius 2 is 1.13 bits per heavy atom. The molecule has 0 radical (unpaired) electrons. The van der Waals surface area contributed by atoms with Gasteiger partial charge in [-0.05, 0) is 18.8 Å². The van der Waals surface area contributed by atoms with Crippen molar-refractivity contribution in [2.75, 3.05) is 6.61 Å². The zero-order valence-electron chi connectivity index (χ0n) is 16.2. The van der Waals surface area contributed by atoms with Gasteiger partial charge in [-0.1, -0.05) is 97.8 Å². The van der Waals surface area contributed by atoms with Gasteiger partial charge in [-0.25, -0.2) is 0 Å². The van der Waals surface area contributed by atoms with E-state index in [2.05, 4.69) is 13.8 Å². The molecule has 0 spiro atoms. The number of hydrogen-bond donors (Lipinski definition) is 0. The molecular formula is C21H42O2.